The molecule has 0 aliphatic carbocycles. The van der Waals surface area contributed by atoms with Crippen molar-refractivity contribution in [3.8, 4) is 0 Å². The number of hydrogen-bond acceptors (Lipinski definition) is 3. The van der Waals surface area contributed by atoms with Crippen LogP contribution in [0.15, 0.2) is 53.4 Å². The Morgan fingerprint density at radius 2 is 1.50 bits per heavy atom. The smallest absolute Gasteiger partial charge is 0.261 e. The summed E-state index contributed by atoms with van der Waals surface area (Å²) in [7, 11) is 0. The van der Waals surface area contributed by atoms with Crippen molar-refractivity contribution in [3.05, 3.63) is 65.2 Å². The summed E-state index contributed by atoms with van der Waals surface area (Å²) in [6, 6.07) is 15.3. The van der Waals surface area contributed by atoms with Gasteiger partial charge in [-0.3, -0.25) is 14.5 Å². The molecule has 3 rings (SSSR count). The van der Waals surface area contributed by atoms with Crippen molar-refractivity contribution in [2.45, 2.75) is 24.0 Å². The number of aryl methyl sites for hydroxylation is 1. The zero-order valence-electron chi connectivity index (χ0n) is 12.6. The number of imide groups is 1. The van der Waals surface area contributed by atoms with E-state index in [1.54, 1.807) is 36.0 Å². The first-order chi connectivity index (χ1) is 10.6. The molecular formula is C18H17NO2S. The molecule has 1 unspecified atom stereocenters. The number of carbonyl (C=O) groups excluding carboxylic acids is 2. The zero-order valence-corrected chi connectivity index (χ0v) is 13.4. The van der Waals surface area contributed by atoms with Crippen LogP contribution >= 0.6 is 11.8 Å². The molecule has 0 bridgehead atoms. The molecule has 0 fully saturated rings. The van der Waals surface area contributed by atoms with Gasteiger partial charge in [-0.15, -0.1) is 11.8 Å². The van der Waals surface area contributed by atoms with Crippen molar-refractivity contribution in [3.63, 3.8) is 0 Å². The van der Waals surface area contributed by atoms with E-state index in [1.165, 1.54) is 10.5 Å². The van der Waals surface area contributed by atoms with E-state index in [0.29, 0.717) is 17.7 Å². The minimum absolute atomic E-state index is 0.143. The first kappa shape index (κ1) is 14.9. The lowest BCUT2D eigenvalue weighted by atomic mass is 10.1. The van der Waals surface area contributed by atoms with Crippen molar-refractivity contribution < 1.29 is 9.59 Å². The lowest BCUT2D eigenvalue weighted by molar-refractivity contribution is 0.0656. The average Bonchev–Trinajstić information content (AvgIpc) is 2.75. The van der Waals surface area contributed by atoms with Gasteiger partial charge in [0.25, 0.3) is 11.8 Å². The van der Waals surface area contributed by atoms with E-state index in [4.69, 9.17) is 0 Å². The van der Waals surface area contributed by atoms with E-state index in [-0.39, 0.29) is 17.1 Å². The van der Waals surface area contributed by atoms with Crippen LogP contribution in [-0.2, 0) is 0 Å². The third-order valence-corrected chi connectivity index (χ3v) is 4.77. The van der Waals surface area contributed by atoms with Crippen LogP contribution in [0.4, 0.5) is 0 Å². The highest BCUT2D eigenvalue weighted by Crippen LogP contribution is 2.28. The van der Waals surface area contributed by atoms with Crippen molar-refractivity contribution in [2.24, 2.45) is 0 Å². The standard InChI is InChI=1S/C18H17NO2S/c1-12-7-9-14(10-8-12)22-13(2)11-19-17(20)15-5-3-4-6-16(15)18(19)21/h3-10,13H,11H2,1-2H3. The maximum Gasteiger partial charge on any atom is 0.261 e. The minimum Gasteiger partial charge on any atom is -0.273 e. The number of hydrogen-bond donors (Lipinski definition) is 0. The third-order valence-electron chi connectivity index (χ3n) is 3.68. The molecule has 2 aromatic carbocycles. The fourth-order valence-corrected chi connectivity index (χ4v) is 3.53. The molecule has 2 aromatic rings. The quantitative estimate of drug-likeness (QED) is 0.637. The van der Waals surface area contributed by atoms with Crippen molar-refractivity contribution in [1.29, 1.82) is 0 Å². The largest absolute Gasteiger partial charge is 0.273 e. The molecule has 0 saturated carbocycles. The molecule has 22 heavy (non-hydrogen) atoms. The highest BCUT2D eigenvalue weighted by atomic mass is 32.2. The third kappa shape index (κ3) is 2.79. The van der Waals surface area contributed by atoms with Crippen LogP contribution in [0.3, 0.4) is 0 Å². The highest BCUT2D eigenvalue weighted by molar-refractivity contribution is 8.00. The Bertz CT molecular complexity index is 689. The van der Waals surface area contributed by atoms with E-state index < -0.39 is 0 Å². The number of rotatable bonds is 4. The van der Waals surface area contributed by atoms with E-state index in [9.17, 15) is 9.59 Å². The van der Waals surface area contributed by atoms with Gasteiger partial charge in [0.05, 0.1) is 11.1 Å². The first-order valence-electron chi connectivity index (χ1n) is 7.25. The van der Waals surface area contributed by atoms with E-state index >= 15 is 0 Å². The molecule has 1 aliphatic rings. The fraction of sp³-hybridized carbons (Fsp3) is 0.222. The van der Waals surface area contributed by atoms with Gasteiger partial charge in [-0.1, -0.05) is 36.8 Å². The second-order valence-electron chi connectivity index (χ2n) is 5.51. The number of carbonyl (C=O) groups is 2. The van der Waals surface area contributed by atoms with Gasteiger partial charge in [0.15, 0.2) is 0 Å². The van der Waals surface area contributed by atoms with Gasteiger partial charge < -0.3 is 0 Å². The Kier molecular flexibility index (Phi) is 4.03. The minimum atomic E-state index is -0.183. The Labute approximate surface area is 134 Å². The van der Waals surface area contributed by atoms with E-state index in [0.717, 1.165) is 4.90 Å². The SMILES string of the molecule is Cc1ccc(SC(C)CN2C(=O)c3ccccc3C2=O)cc1. The number of nitrogens with zero attached hydrogens (tertiary/aromatic N) is 1. The molecule has 3 nitrogen and oxygen atoms in total. The van der Waals surface area contributed by atoms with Crippen LogP contribution in [0.25, 0.3) is 0 Å². The predicted molar refractivity (Wildman–Crippen MR) is 88.3 cm³/mol. The molecule has 2 amide bonds. The van der Waals surface area contributed by atoms with Gasteiger partial charge in [0, 0.05) is 16.7 Å². The molecule has 0 aromatic heterocycles. The Balaban J connectivity index is 1.70. The van der Waals surface area contributed by atoms with Crippen LogP contribution < -0.4 is 0 Å². The number of thioether (sulfide) groups is 1. The molecule has 0 saturated heterocycles. The second kappa shape index (κ2) is 5.97. The van der Waals surface area contributed by atoms with Crippen molar-refractivity contribution >= 4 is 23.6 Å². The Morgan fingerprint density at radius 3 is 2.05 bits per heavy atom. The predicted octanol–water partition coefficient (Wildman–Crippen LogP) is 3.77. The van der Waals surface area contributed by atoms with Gasteiger partial charge >= 0.3 is 0 Å². The molecule has 1 aliphatic heterocycles. The van der Waals surface area contributed by atoms with Crippen LogP contribution in [0.2, 0.25) is 0 Å². The van der Waals surface area contributed by atoms with Gasteiger partial charge in [-0.2, -0.15) is 0 Å². The fourth-order valence-electron chi connectivity index (χ4n) is 2.55. The summed E-state index contributed by atoms with van der Waals surface area (Å²) in [6.07, 6.45) is 0. The van der Waals surface area contributed by atoms with Gasteiger partial charge in [0.2, 0.25) is 0 Å². The molecule has 0 spiro atoms. The monoisotopic (exact) mass is 311 g/mol. The summed E-state index contributed by atoms with van der Waals surface area (Å²) in [5.74, 6) is -0.367. The lowest BCUT2D eigenvalue weighted by Crippen LogP contribution is -2.34. The summed E-state index contributed by atoms with van der Waals surface area (Å²) in [4.78, 5) is 27.2. The van der Waals surface area contributed by atoms with Crippen molar-refractivity contribution in [2.75, 3.05) is 6.54 Å². The van der Waals surface area contributed by atoms with Crippen molar-refractivity contribution in [1.82, 2.24) is 4.90 Å². The Morgan fingerprint density at radius 1 is 0.955 bits per heavy atom. The average molecular weight is 311 g/mol. The van der Waals surface area contributed by atoms with Gasteiger partial charge in [-0.05, 0) is 31.2 Å². The van der Waals surface area contributed by atoms with Crippen LogP contribution in [0.1, 0.15) is 33.2 Å². The summed E-state index contributed by atoms with van der Waals surface area (Å²) in [5.41, 5.74) is 2.25. The van der Waals surface area contributed by atoms with Crippen LogP contribution in [0, 0.1) is 6.92 Å². The maximum atomic E-state index is 12.3. The number of fused-ring (bicyclic) bond motifs is 1. The summed E-state index contributed by atoms with van der Waals surface area (Å²) >= 11 is 1.68. The molecular weight excluding hydrogens is 294 g/mol. The lowest BCUT2D eigenvalue weighted by Gasteiger charge is -2.19. The molecule has 112 valence electrons. The molecule has 0 N–H and O–H groups in total. The van der Waals surface area contributed by atoms with Crippen LogP contribution in [0.5, 0.6) is 0 Å². The maximum absolute atomic E-state index is 12.3. The van der Waals surface area contributed by atoms with E-state index in [2.05, 4.69) is 31.2 Å². The molecule has 1 heterocycles. The number of benzene rings is 2. The Hall–Kier alpha value is -2.07. The van der Waals surface area contributed by atoms with E-state index in [1.807, 2.05) is 6.92 Å². The normalized spacial score (nSPS) is 15.1. The van der Waals surface area contributed by atoms with Crippen LogP contribution in [-0.4, -0.2) is 28.5 Å². The highest BCUT2D eigenvalue weighted by Gasteiger charge is 2.35. The second-order valence-corrected chi connectivity index (χ2v) is 7.02. The van der Waals surface area contributed by atoms with Gasteiger partial charge in [-0.25, -0.2) is 0 Å². The molecule has 4 heteroatoms. The molecule has 0 radical (unpaired) electrons. The summed E-state index contributed by atoms with van der Waals surface area (Å²) in [6.45, 7) is 4.51. The molecule has 1 atom stereocenters. The zero-order chi connectivity index (χ0) is 15.7. The van der Waals surface area contributed by atoms with Gasteiger partial charge in [0.1, 0.15) is 0 Å². The summed E-state index contributed by atoms with van der Waals surface area (Å²) in [5, 5.41) is 0.143. The first-order valence-corrected chi connectivity index (χ1v) is 8.13. The topological polar surface area (TPSA) is 37.4 Å². The number of amides is 2. The summed E-state index contributed by atoms with van der Waals surface area (Å²) < 4.78 is 0.